The Labute approximate surface area is 109 Å². The molecule has 19 heavy (non-hydrogen) atoms. The Kier molecular flexibility index (Phi) is 2.77. The van der Waals surface area contributed by atoms with Gasteiger partial charge in [-0.1, -0.05) is 5.16 Å². The number of ether oxygens (including phenoxy) is 2. The van der Waals surface area contributed by atoms with Crippen LogP contribution in [0.25, 0.3) is 11.3 Å². The van der Waals surface area contributed by atoms with Crippen LogP contribution in [-0.4, -0.2) is 18.4 Å². The number of alkyl halides is 1. The Balaban J connectivity index is 2.18. The second-order valence-electron chi connectivity index (χ2n) is 4.32. The standard InChI is InChI=1S/C13H13FN2O3/c1-7(14)8-4-9(10-6-12(15)16-19-10)13-11(5-8)17-2-3-18-13/h4-7H,2-3H2,1H3,(H2,15,16). The maximum atomic E-state index is 13.5. The van der Waals surface area contributed by atoms with Gasteiger partial charge in [-0.2, -0.15) is 0 Å². The summed E-state index contributed by atoms with van der Waals surface area (Å²) in [7, 11) is 0. The van der Waals surface area contributed by atoms with Crippen molar-refractivity contribution < 1.29 is 18.4 Å². The minimum absolute atomic E-state index is 0.263. The highest BCUT2D eigenvalue weighted by Gasteiger charge is 2.22. The van der Waals surface area contributed by atoms with Crippen LogP contribution in [0.3, 0.4) is 0 Å². The Morgan fingerprint density at radius 2 is 2.05 bits per heavy atom. The highest BCUT2D eigenvalue weighted by molar-refractivity contribution is 5.72. The number of hydrogen-bond donors (Lipinski definition) is 1. The first-order valence-electron chi connectivity index (χ1n) is 5.95. The molecular formula is C13H13FN2O3. The smallest absolute Gasteiger partial charge is 0.172 e. The van der Waals surface area contributed by atoms with Crippen molar-refractivity contribution in [2.75, 3.05) is 18.9 Å². The maximum absolute atomic E-state index is 13.5. The average Bonchev–Trinajstić information content (AvgIpc) is 2.84. The largest absolute Gasteiger partial charge is 0.486 e. The van der Waals surface area contributed by atoms with Gasteiger partial charge in [0.25, 0.3) is 0 Å². The Morgan fingerprint density at radius 3 is 2.74 bits per heavy atom. The number of nitrogens with zero attached hydrogens (tertiary/aromatic N) is 1. The van der Waals surface area contributed by atoms with E-state index >= 15 is 0 Å². The number of anilines is 1. The molecule has 1 unspecified atom stereocenters. The second-order valence-corrected chi connectivity index (χ2v) is 4.32. The number of aromatic nitrogens is 1. The molecule has 5 nitrogen and oxygen atoms in total. The lowest BCUT2D eigenvalue weighted by molar-refractivity contribution is 0.171. The van der Waals surface area contributed by atoms with E-state index in [1.165, 1.54) is 6.92 Å². The van der Waals surface area contributed by atoms with Gasteiger partial charge in [-0.05, 0) is 24.6 Å². The molecule has 0 saturated heterocycles. The van der Waals surface area contributed by atoms with Crippen LogP contribution in [0.1, 0.15) is 18.7 Å². The topological polar surface area (TPSA) is 70.5 Å². The fourth-order valence-electron chi connectivity index (χ4n) is 2.00. The third-order valence-electron chi connectivity index (χ3n) is 2.92. The van der Waals surface area contributed by atoms with E-state index in [4.69, 9.17) is 19.7 Å². The molecule has 0 aliphatic carbocycles. The van der Waals surface area contributed by atoms with E-state index in [2.05, 4.69) is 5.16 Å². The number of halogens is 1. The Morgan fingerprint density at radius 1 is 1.26 bits per heavy atom. The number of benzene rings is 1. The summed E-state index contributed by atoms with van der Waals surface area (Å²) in [5.41, 5.74) is 6.63. The zero-order chi connectivity index (χ0) is 13.4. The maximum Gasteiger partial charge on any atom is 0.172 e. The molecule has 3 rings (SSSR count). The molecule has 1 aliphatic heterocycles. The number of hydrogen-bond acceptors (Lipinski definition) is 5. The SMILES string of the molecule is CC(F)c1cc2c(c(-c3cc(N)no3)c1)OCCO2. The number of rotatable bonds is 2. The van der Waals surface area contributed by atoms with Gasteiger partial charge in [0.15, 0.2) is 23.1 Å². The lowest BCUT2D eigenvalue weighted by Crippen LogP contribution is -2.16. The van der Waals surface area contributed by atoms with Crippen LogP contribution in [0.15, 0.2) is 22.7 Å². The molecule has 2 heterocycles. The summed E-state index contributed by atoms with van der Waals surface area (Å²) < 4.78 is 29.7. The van der Waals surface area contributed by atoms with Crippen LogP contribution in [0.2, 0.25) is 0 Å². The van der Waals surface area contributed by atoms with Gasteiger partial charge in [0.2, 0.25) is 0 Å². The van der Waals surface area contributed by atoms with E-state index in [1.54, 1.807) is 18.2 Å². The summed E-state index contributed by atoms with van der Waals surface area (Å²) in [6.45, 7) is 2.34. The third-order valence-corrected chi connectivity index (χ3v) is 2.92. The minimum Gasteiger partial charge on any atom is -0.486 e. The summed E-state index contributed by atoms with van der Waals surface area (Å²) in [5.74, 6) is 1.74. The predicted molar refractivity (Wildman–Crippen MR) is 66.9 cm³/mol. The van der Waals surface area contributed by atoms with Gasteiger partial charge < -0.3 is 19.7 Å². The molecule has 0 spiro atoms. The fourth-order valence-corrected chi connectivity index (χ4v) is 2.00. The van der Waals surface area contributed by atoms with Crippen molar-refractivity contribution >= 4 is 5.82 Å². The first kappa shape index (κ1) is 11.8. The minimum atomic E-state index is -1.12. The van der Waals surface area contributed by atoms with Gasteiger partial charge in [0.1, 0.15) is 19.4 Å². The van der Waals surface area contributed by atoms with Crippen molar-refractivity contribution in [3.05, 3.63) is 23.8 Å². The van der Waals surface area contributed by atoms with Crippen LogP contribution in [0.4, 0.5) is 10.2 Å². The molecule has 0 fully saturated rings. The zero-order valence-corrected chi connectivity index (χ0v) is 10.4. The van der Waals surface area contributed by atoms with Crippen molar-refractivity contribution in [3.8, 4) is 22.8 Å². The fraction of sp³-hybridized carbons (Fsp3) is 0.308. The first-order valence-corrected chi connectivity index (χ1v) is 5.95. The molecule has 0 amide bonds. The van der Waals surface area contributed by atoms with Crippen molar-refractivity contribution in [1.82, 2.24) is 5.16 Å². The molecule has 2 N–H and O–H groups in total. The van der Waals surface area contributed by atoms with E-state index in [1.807, 2.05) is 0 Å². The molecule has 0 saturated carbocycles. The lowest BCUT2D eigenvalue weighted by atomic mass is 10.0. The number of nitrogens with two attached hydrogens (primary N) is 1. The van der Waals surface area contributed by atoms with Crippen molar-refractivity contribution in [1.29, 1.82) is 0 Å². The van der Waals surface area contributed by atoms with Crippen LogP contribution in [0, 0.1) is 0 Å². The van der Waals surface area contributed by atoms with Gasteiger partial charge >= 0.3 is 0 Å². The molecule has 1 aromatic carbocycles. The molecule has 2 aromatic rings. The third kappa shape index (κ3) is 2.09. The van der Waals surface area contributed by atoms with Gasteiger partial charge in [0.05, 0.1) is 5.56 Å². The van der Waals surface area contributed by atoms with Gasteiger partial charge in [-0.3, -0.25) is 0 Å². The summed E-state index contributed by atoms with van der Waals surface area (Å²) in [6, 6.07) is 4.88. The van der Waals surface area contributed by atoms with Gasteiger partial charge in [-0.25, -0.2) is 4.39 Å². The first-order chi connectivity index (χ1) is 9.15. The van der Waals surface area contributed by atoms with Gasteiger partial charge in [0, 0.05) is 6.07 Å². The van der Waals surface area contributed by atoms with E-state index in [0.29, 0.717) is 41.6 Å². The van der Waals surface area contributed by atoms with Crippen LogP contribution >= 0.6 is 0 Å². The Bertz CT molecular complexity index is 610. The summed E-state index contributed by atoms with van der Waals surface area (Å²) in [5, 5.41) is 3.63. The monoisotopic (exact) mass is 264 g/mol. The summed E-state index contributed by atoms with van der Waals surface area (Å²) in [4.78, 5) is 0. The molecular weight excluding hydrogens is 251 g/mol. The normalized spacial score (nSPS) is 15.3. The predicted octanol–water partition coefficient (Wildman–Crippen LogP) is 2.73. The molecule has 0 bridgehead atoms. The lowest BCUT2D eigenvalue weighted by Gasteiger charge is -2.21. The van der Waals surface area contributed by atoms with Crippen LogP contribution < -0.4 is 15.2 Å². The molecule has 1 aliphatic rings. The van der Waals surface area contributed by atoms with E-state index in [-0.39, 0.29) is 5.82 Å². The average molecular weight is 264 g/mol. The van der Waals surface area contributed by atoms with Crippen LogP contribution in [-0.2, 0) is 0 Å². The zero-order valence-electron chi connectivity index (χ0n) is 10.4. The molecule has 6 heteroatoms. The molecule has 0 radical (unpaired) electrons. The number of nitrogen functional groups attached to an aromatic ring is 1. The molecule has 1 aromatic heterocycles. The van der Waals surface area contributed by atoms with Gasteiger partial charge in [-0.15, -0.1) is 0 Å². The summed E-state index contributed by atoms with van der Waals surface area (Å²) >= 11 is 0. The number of fused-ring (bicyclic) bond motifs is 1. The van der Waals surface area contributed by atoms with E-state index in [9.17, 15) is 4.39 Å². The Hall–Kier alpha value is -2.24. The second kappa shape index (κ2) is 4.46. The molecule has 100 valence electrons. The summed E-state index contributed by atoms with van der Waals surface area (Å²) in [6.07, 6.45) is -1.12. The molecule has 1 atom stereocenters. The van der Waals surface area contributed by atoms with Crippen molar-refractivity contribution in [2.45, 2.75) is 13.1 Å². The quantitative estimate of drug-likeness (QED) is 0.903. The highest BCUT2D eigenvalue weighted by atomic mass is 19.1. The highest BCUT2D eigenvalue weighted by Crippen LogP contribution is 2.43. The van der Waals surface area contributed by atoms with Crippen molar-refractivity contribution in [2.24, 2.45) is 0 Å². The van der Waals surface area contributed by atoms with Crippen molar-refractivity contribution in [3.63, 3.8) is 0 Å². The van der Waals surface area contributed by atoms with E-state index < -0.39 is 6.17 Å². The van der Waals surface area contributed by atoms with Crippen LogP contribution in [0.5, 0.6) is 11.5 Å². The van der Waals surface area contributed by atoms with E-state index in [0.717, 1.165) is 0 Å².